The third kappa shape index (κ3) is 1.95. The van der Waals surface area contributed by atoms with Crippen LogP contribution in [0.15, 0.2) is 52.9 Å². The summed E-state index contributed by atoms with van der Waals surface area (Å²) in [5.74, 6) is 0.667. The predicted molar refractivity (Wildman–Crippen MR) is 87.1 cm³/mol. The molecule has 0 saturated heterocycles. The molecule has 5 heteroatoms. The lowest BCUT2D eigenvalue weighted by Gasteiger charge is -2.02. The molecular formula is C16H9ClN2OS. The van der Waals surface area contributed by atoms with Gasteiger partial charge in [0.1, 0.15) is 10.3 Å². The second-order valence-electron chi connectivity index (χ2n) is 4.72. The van der Waals surface area contributed by atoms with Crippen LogP contribution in [0.2, 0.25) is 5.02 Å². The van der Waals surface area contributed by atoms with Crippen molar-refractivity contribution in [2.24, 2.45) is 0 Å². The van der Waals surface area contributed by atoms with Gasteiger partial charge in [0.05, 0.1) is 5.02 Å². The minimum Gasteiger partial charge on any atom is -0.453 e. The van der Waals surface area contributed by atoms with Crippen LogP contribution in [0.1, 0.15) is 0 Å². The molecule has 0 fully saturated rings. The van der Waals surface area contributed by atoms with E-state index in [1.165, 1.54) is 0 Å². The minimum atomic E-state index is 0.590. The Morgan fingerprint density at radius 1 is 1.05 bits per heavy atom. The fraction of sp³-hybridized carbons (Fsp3) is 0. The van der Waals surface area contributed by atoms with Crippen LogP contribution in [-0.2, 0) is 0 Å². The lowest BCUT2D eigenvalue weighted by atomic mass is 10.1. The maximum atomic E-state index is 6.16. The number of rotatable bonds is 1. The Bertz CT molecular complexity index is 1040. The van der Waals surface area contributed by atoms with Crippen LogP contribution in [0.4, 0.5) is 0 Å². The molecule has 0 spiro atoms. The van der Waals surface area contributed by atoms with Gasteiger partial charge in [-0.3, -0.25) is 5.10 Å². The highest BCUT2D eigenvalue weighted by atomic mass is 35.5. The van der Waals surface area contributed by atoms with E-state index >= 15 is 0 Å². The van der Waals surface area contributed by atoms with Gasteiger partial charge in [-0.1, -0.05) is 60.2 Å². The van der Waals surface area contributed by atoms with Gasteiger partial charge in [-0.05, 0) is 12.1 Å². The molecule has 0 radical (unpaired) electrons. The summed E-state index contributed by atoms with van der Waals surface area (Å²) in [6.07, 6.45) is 0. The van der Waals surface area contributed by atoms with E-state index in [0.29, 0.717) is 21.0 Å². The molecule has 2 aromatic carbocycles. The topological polar surface area (TPSA) is 41.8 Å². The number of para-hydroxylation sites is 1. The lowest BCUT2D eigenvalue weighted by Crippen LogP contribution is -1.89. The Morgan fingerprint density at radius 3 is 2.67 bits per heavy atom. The molecule has 102 valence electrons. The van der Waals surface area contributed by atoms with Crippen molar-refractivity contribution in [2.75, 3.05) is 0 Å². The molecule has 0 atom stereocenters. The van der Waals surface area contributed by atoms with Crippen molar-refractivity contribution in [3.63, 3.8) is 0 Å². The van der Waals surface area contributed by atoms with Crippen molar-refractivity contribution in [1.29, 1.82) is 0 Å². The number of furan rings is 1. The second kappa shape index (κ2) is 4.69. The van der Waals surface area contributed by atoms with Crippen LogP contribution in [0.25, 0.3) is 33.2 Å². The first-order valence-electron chi connectivity index (χ1n) is 6.40. The number of hydrogen-bond donors (Lipinski definition) is 1. The maximum absolute atomic E-state index is 6.16. The number of aromatic amines is 1. The average Bonchev–Trinajstić information content (AvgIpc) is 2.93. The Hall–Kier alpha value is -2.17. The van der Waals surface area contributed by atoms with Crippen LogP contribution in [0.5, 0.6) is 0 Å². The van der Waals surface area contributed by atoms with Crippen molar-refractivity contribution in [1.82, 2.24) is 10.2 Å². The summed E-state index contributed by atoms with van der Waals surface area (Å²) in [5, 5.41) is 10.7. The third-order valence-electron chi connectivity index (χ3n) is 3.43. The molecule has 4 rings (SSSR count). The quantitative estimate of drug-likeness (QED) is 0.481. The van der Waals surface area contributed by atoms with E-state index in [-0.39, 0.29) is 0 Å². The van der Waals surface area contributed by atoms with Gasteiger partial charge in [0.25, 0.3) is 0 Å². The van der Waals surface area contributed by atoms with Crippen molar-refractivity contribution in [3.8, 4) is 11.5 Å². The van der Waals surface area contributed by atoms with Crippen LogP contribution < -0.4 is 0 Å². The van der Waals surface area contributed by atoms with E-state index in [0.717, 1.165) is 21.9 Å². The number of aromatic nitrogens is 2. The monoisotopic (exact) mass is 312 g/mol. The Kier molecular flexibility index (Phi) is 2.80. The Morgan fingerprint density at radius 2 is 1.86 bits per heavy atom. The number of fused-ring (bicyclic) bond motifs is 2. The lowest BCUT2D eigenvalue weighted by molar-refractivity contribution is 0.628. The first-order chi connectivity index (χ1) is 10.2. The molecule has 2 heterocycles. The van der Waals surface area contributed by atoms with Crippen LogP contribution in [-0.4, -0.2) is 10.2 Å². The third-order valence-corrected chi connectivity index (χ3v) is 4.03. The summed E-state index contributed by atoms with van der Waals surface area (Å²) in [4.78, 5) is 0. The molecule has 0 unspecified atom stereocenters. The molecule has 0 aliphatic carbocycles. The maximum Gasteiger partial charge on any atom is 0.156 e. The van der Waals surface area contributed by atoms with Gasteiger partial charge >= 0.3 is 0 Å². The Labute approximate surface area is 130 Å². The van der Waals surface area contributed by atoms with Crippen molar-refractivity contribution >= 4 is 45.6 Å². The summed E-state index contributed by atoms with van der Waals surface area (Å²) in [5.41, 5.74) is 1.40. The summed E-state index contributed by atoms with van der Waals surface area (Å²) >= 11 is 11.4. The van der Waals surface area contributed by atoms with Gasteiger partial charge in [0.2, 0.25) is 0 Å². The smallest absolute Gasteiger partial charge is 0.156 e. The summed E-state index contributed by atoms with van der Waals surface area (Å²) in [7, 11) is 0. The molecule has 3 nitrogen and oxygen atoms in total. The summed E-state index contributed by atoms with van der Waals surface area (Å²) < 4.78 is 6.50. The number of nitrogens with one attached hydrogen (secondary N) is 1. The van der Waals surface area contributed by atoms with Crippen LogP contribution in [0, 0.1) is 4.64 Å². The number of halogens is 1. The zero-order chi connectivity index (χ0) is 14.4. The van der Waals surface area contributed by atoms with E-state index in [4.69, 9.17) is 28.2 Å². The van der Waals surface area contributed by atoms with E-state index in [2.05, 4.69) is 10.2 Å². The summed E-state index contributed by atoms with van der Waals surface area (Å²) in [6, 6.07) is 15.5. The van der Waals surface area contributed by atoms with Crippen LogP contribution in [0.3, 0.4) is 0 Å². The first kappa shape index (κ1) is 12.6. The van der Waals surface area contributed by atoms with Gasteiger partial charge < -0.3 is 4.42 Å². The largest absolute Gasteiger partial charge is 0.453 e. The van der Waals surface area contributed by atoms with Gasteiger partial charge in [0, 0.05) is 16.2 Å². The molecule has 21 heavy (non-hydrogen) atoms. The van der Waals surface area contributed by atoms with Gasteiger partial charge in [-0.25, -0.2) is 0 Å². The molecule has 0 amide bonds. The first-order valence-corrected chi connectivity index (χ1v) is 7.18. The van der Waals surface area contributed by atoms with Crippen molar-refractivity contribution in [2.45, 2.75) is 0 Å². The SMILES string of the molecule is S=c1[nH]nc(-c2cc3cccc(Cl)c3o2)c2ccccc12. The fourth-order valence-electron chi connectivity index (χ4n) is 2.45. The highest BCUT2D eigenvalue weighted by Crippen LogP contribution is 2.33. The number of H-pyrrole nitrogens is 1. The Balaban J connectivity index is 2.07. The zero-order valence-corrected chi connectivity index (χ0v) is 12.3. The zero-order valence-electron chi connectivity index (χ0n) is 10.8. The van der Waals surface area contributed by atoms with Crippen molar-refractivity contribution < 1.29 is 4.42 Å². The van der Waals surface area contributed by atoms with Gasteiger partial charge in [-0.2, -0.15) is 5.10 Å². The predicted octanol–water partition coefficient (Wildman–Crippen LogP) is 5.36. The molecule has 1 N–H and O–H groups in total. The molecule has 0 aliphatic heterocycles. The van der Waals surface area contributed by atoms with Gasteiger partial charge in [-0.15, -0.1) is 0 Å². The average molecular weight is 313 g/mol. The highest BCUT2D eigenvalue weighted by Gasteiger charge is 2.13. The molecule has 0 bridgehead atoms. The fourth-order valence-corrected chi connectivity index (χ4v) is 2.89. The van der Waals surface area contributed by atoms with E-state index < -0.39 is 0 Å². The number of hydrogen-bond acceptors (Lipinski definition) is 3. The number of nitrogens with zero attached hydrogens (tertiary/aromatic N) is 1. The van der Waals surface area contributed by atoms with E-state index in [1.54, 1.807) is 6.07 Å². The molecular weight excluding hydrogens is 304 g/mol. The molecule has 0 saturated carbocycles. The second-order valence-corrected chi connectivity index (χ2v) is 5.53. The van der Waals surface area contributed by atoms with Crippen molar-refractivity contribution in [3.05, 3.63) is 58.2 Å². The standard InChI is InChI=1S/C16H9ClN2OS/c17-12-7-3-4-9-8-13(20-15(9)12)14-10-5-1-2-6-11(10)16(21)19-18-14/h1-8H,(H,19,21). The molecule has 0 aliphatic rings. The number of benzene rings is 2. The van der Waals surface area contributed by atoms with Crippen LogP contribution >= 0.6 is 23.8 Å². The van der Waals surface area contributed by atoms with E-state index in [1.807, 2.05) is 42.5 Å². The highest BCUT2D eigenvalue weighted by molar-refractivity contribution is 7.71. The molecule has 2 aromatic heterocycles. The minimum absolute atomic E-state index is 0.590. The van der Waals surface area contributed by atoms with E-state index in [9.17, 15) is 0 Å². The molecule has 4 aromatic rings. The normalized spacial score (nSPS) is 11.3. The summed E-state index contributed by atoms with van der Waals surface area (Å²) in [6.45, 7) is 0. The van der Waals surface area contributed by atoms with Gasteiger partial charge in [0.15, 0.2) is 11.3 Å².